The van der Waals surface area contributed by atoms with Gasteiger partial charge in [0.25, 0.3) is 0 Å². The molecule has 0 aromatic heterocycles. The molecular weight excluding hydrogens is 298 g/mol. The summed E-state index contributed by atoms with van der Waals surface area (Å²) in [6.07, 6.45) is -3.04. The van der Waals surface area contributed by atoms with Gasteiger partial charge in [0.2, 0.25) is 0 Å². The van der Waals surface area contributed by atoms with Gasteiger partial charge in [-0.05, 0) is 23.3 Å². The Labute approximate surface area is 134 Å². The van der Waals surface area contributed by atoms with Crippen LogP contribution in [0.3, 0.4) is 0 Å². The molecule has 4 N–H and O–H groups in total. The Kier molecular flexibility index (Phi) is 5.96. The van der Waals surface area contributed by atoms with E-state index in [9.17, 15) is 20.1 Å². The quantitative estimate of drug-likeness (QED) is 0.650. The minimum absolute atomic E-state index is 0.0676. The van der Waals surface area contributed by atoms with Gasteiger partial charge in [0.1, 0.15) is 24.6 Å². The molecule has 0 saturated heterocycles. The van der Waals surface area contributed by atoms with Crippen molar-refractivity contribution in [3.8, 4) is 5.75 Å². The van der Waals surface area contributed by atoms with E-state index >= 15 is 0 Å². The molecule has 0 spiro atoms. The molecule has 0 saturated carbocycles. The highest BCUT2D eigenvalue weighted by Gasteiger charge is 2.19. The van der Waals surface area contributed by atoms with E-state index in [-0.39, 0.29) is 18.9 Å². The Bertz CT molecular complexity index is 615. The van der Waals surface area contributed by atoms with Gasteiger partial charge in [0, 0.05) is 6.54 Å². The molecule has 2 aromatic rings. The highest BCUT2D eigenvalue weighted by Crippen LogP contribution is 2.19. The van der Waals surface area contributed by atoms with Gasteiger partial charge in [-0.15, -0.1) is 0 Å². The van der Waals surface area contributed by atoms with Crippen LogP contribution in [-0.2, 0) is 11.3 Å². The number of alkyl carbamates (subject to hydrolysis) is 1. The largest absolute Gasteiger partial charge is 0.508 e. The molecule has 122 valence electrons. The molecule has 0 aliphatic heterocycles. The molecule has 0 heterocycles. The molecule has 0 aliphatic carbocycles. The normalized spacial score (nSPS) is 13.1. The van der Waals surface area contributed by atoms with Crippen LogP contribution in [0.2, 0.25) is 0 Å². The fraction of sp³-hybridized carbons (Fsp3) is 0.235. The van der Waals surface area contributed by atoms with E-state index in [1.54, 1.807) is 0 Å². The maximum Gasteiger partial charge on any atom is 0.407 e. The lowest BCUT2D eigenvalue weighted by Gasteiger charge is -2.18. The van der Waals surface area contributed by atoms with Crippen LogP contribution < -0.4 is 5.32 Å². The lowest BCUT2D eigenvalue weighted by Crippen LogP contribution is -2.35. The predicted molar refractivity (Wildman–Crippen MR) is 83.7 cm³/mol. The number of aliphatic hydroxyl groups is 2. The van der Waals surface area contributed by atoms with Crippen LogP contribution in [0.4, 0.5) is 4.79 Å². The summed E-state index contributed by atoms with van der Waals surface area (Å²) in [7, 11) is 0. The van der Waals surface area contributed by atoms with Crippen molar-refractivity contribution in [2.75, 3.05) is 6.54 Å². The fourth-order valence-corrected chi connectivity index (χ4v) is 1.97. The molecule has 2 atom stereocenters. The molecule has 0 fully saturated rings. The lowest BCUT2D eigenvalue weighted by atomic mass is 10.0. The third-order valence-electron chi connectivity index (χ3n) is 3.27. The number of phenolic OH excluding ortho intramolecular Hbond substituents is 1. The first-order chi connectivity index (χ1) is 11.1. The van der Waals surface area contributed by atoms with E-state index in [0.29, 0.717) is 5.56 Å². The van der Waals surface area contributed by atoms with Crippen LogP contribution in [0.15, 0.2) is 54.6 Å². The molecule has 0 aliphatic rings. The van der Waals surface area contributed by atoms with Gasteiger partial charge in [0.05, 0.1) is 0 Å². The number of hydrogen-bond acceptors (Lipinski definition) is 5. The van der Waals surface area contributed by atoms with Gasteiger partial charge in [-0.1, -0.05) is 42.5 Å². The smallest absolute Gasteiger partial charge is 0.407 e. The second-order valence-corrected chi connectivity index (χ2v) is 5.05. The number of benzene rings is 2. The van der Waals surface area contributed by atoms with Gasteiger partial charge in [0.15, 0.2) is 0 Å². The van der Waals surface area contributed by atoms with Crippen LogP contribution in [0.25, 0.3) is 0 Å². The van der Waals surface area contributed by atoms with Crippen molar-refractivity contribution in [2.24, 2.45) is 0 Å². The monoisotopic (exact) mass is 317 g/mol. The summed E-state index contributed by atoms with van der Waals surface area (Å²) in [5.74, 6) is 0.0676. The van der Waals surface area contributed by atoms with Gasteiger partial charge in [-0.25, -0.2) is 4.79 Å². The second kappa shape index (κ2) is 8.17. The molecule has 23 heavy (non-hydrogen) atoms. The van der Waals surface area contributed by atoms with E-state index in [1.165, 1.54) is 24.3 Å². The van der Waals surface area contributed by atoms with Crippen LogP contribution in [0.5, 0.6) is 5.75 Å². The number of aromatic hydroxyl groups is 1. The second-order valence-electron chi connectivity index (χ2n) is 5.05. The number of aliphatic hydroxyl groups excluding tert-OH is 2. The van der Waals surface area contributed by atoms with Crippen molar-refractivity contribution in [1.29, 1.82) is 0 Å². The minimum atomic E-state index is -1.19. The summed E-state index contributed by atoms with van der Waals surface area (Å²) in [5.41, 5.74) is 1.29. The Morgan fingerprint density at radius 2 is 1.70 bits per heavy atom. The predicted octanol–water partition coefficient (Wildman–Crippen LogP) is 1.71. The third-order valence-corrected chi connectivity index (χ3v) is 3.27. The number of carbonyl (C=O) groups is 1. The molecule has 0 bridgehead atoms. The lowest BCUT2D eigenvalue weighted by molar-refractivity contribution is 0.0184. The number of hydrogen-bond donors (Lipinski definition) is 4. The third kappa shape index (κ3) is 5.28. The molecule has 0 radical (unpaired) electrons. The first-order valence-electron chi connectivity index (χ1n) is 7.16. The zero-order valence-electron chi connectivity index (χ0n) is 12.4. The molecule has 2 aromatic carbocycles. The van der Waals surface area contributed by atoms with Gasteiger partial charge in [-0.3, -0.25) is 0 Å². The van der Waals surface area contributed by atoms with Crippen molar-refractivity contribution in [3.63, 3.8) is 0 Å². The topological polar surface area (TPSA) is 99.0 Å². The zero-order chi connectivity index (χ0) is 16.7. The van der Waals surface area contributed by atoms with Crippen molar-refractivity contribution in [3.05, 3.63) is 65.7 Å². The van der Waals surface area contributed by atoms with E-state index in [4.69, 9.17) is 4.74 Å². The van der Waals surface area contributed by atoms with Gasteiger partial charge >= 0.3 is 6.09 Å². The number of phenols is 1. The first kappa shape index (κ1) is 16.8. The summed E-state index contributed by atoms with van der Waals surface area (Å²) in [4.78, 5) is 11.6. The van der Waals surface area contributed by atoms with Crippen molar-refractivity contribution in [1.82, 2.24) is 5.32 Å². The summed E-state index contributed by atoms with van der Waals surface area (Å²) in [6.45, 7) is -0.0288. The molecular formula is C17H19NO5. The molecule has 2 unspecified atom stereocenters. The maximum absolute atomic E-state index is 11.6. The van der Waals surface area contributed by atoms with E-state index in [0.717, 1.165) is 5.56 Å². The SMILES string of the molecule is O=C(NCC(O)C(O)c1ccc(O)cc1)OCc1ccccc1. The van der Waals surface area contributed by atoms with Gasteiger partial charge < -0.3 is 25.4 Å². The fourth-order valence-electron chi connectivity index (χ4n) is 1.97. The Hall–Kier alpha value is -2.57. The summed E-state index contributed by atoms with van der Waals surface area (Å²) < 4.78 is 5.00. The zero-order valence-corrected chi connectivity index (χ0v) is 12.4. The molecule has 6 nitrogen and oxygen atoms in total. The van der Waals surface area contributed by atoms with Crippen LogP contribution in [0.1, 0.15) is 17.2 Å². The molecule has 6 heteroatoms. The number of rotatable bonds is 6. The number of nitrogens with one attached hydrogen (secondary N) is 1. The van der Waals surface area contributed by atoms with E-state index in [1.807, 2.05) is 30.3 Å². The first-order valence-corrected chi connectivity index (χ1v) is 7.16. The number of amides is 1. The van der Waals surface area contributed by atoms with Crippen LogP contribution >= 0.6 is 0 Å². The van der Waals surface area contributed by atoms with Crippen molar-refractivity contribution in [2.45, 2.75) is 18.8 Å². The van der Waals surface area contributed by atoms with Crippen molar-refractivity contribution >= 4 is 6.09 Å². The van der Waals surface area contributed by atoms with E-state index in [2.05, 4.69) is 5.32 Å². The number of ether oxygens (including phenoxy) is 1. The highest BCUT2D eigenvalue weighted by molar-refractivity contribution is 5.67. The standard InChI is InChI=1S/C17H19NO5/c19-14-8-6-13(7-9-14)16(21)15(20)10-18-17(22)23-11-12-4-2-1-3-5-12/h1-9,15-16,19-21H,10-11H2,(H,18,22). The average molecular weight is 317 g/mol. The molecule has 1 amide bonds. The van der Waals surface area contributed by atoms with Gasteiger partial charge in [-0.2, -0.15) is 0 Å². The summed E-state index contributed by atoms with van der Waals surface area (Å²) in [5, 5.41) is 31.5. The molecule has 2 rings (SSSR count). The minimum Gasteiger partial charge on any atom is -0.508 e. The number of carbonyl (C=O) groups excluding carboxylic acids is 1. The Balaban J connectivity index is 1.75. The summed E-state index contributed by atoms with van der Waals surface area (Å²) in [6, 6.07) is 15.0. The maximum atomic E-state index is 11.6. The van der Waals surface area contributed by atoms with Crippen LogP contribution in [-0.4, -0.2) is 34.1 Å². The van der Waals surface area contributed by atoms with Crippen LogP contribution in [0, 0.1) is 0 Å². The highest BCUT2D eigenvalue weighted by atomic mass is 16.5. The summed E-state index contributed by atoms with van der Waals surface area (Å²) >= 11 is 0. The average Bonchev–Trinajstić information content (AvgIpc) is 2.58. The van der Waals surface area contributed by atoms with Crippen molar-refractivity contribution < 1.29 is 24.9 Å². The van der Waals surface area contributed by atoms with E-state index < -0.39 is 18.3 Å². The Morgan fingerprint density at radius 3 is 2.35 bits per heavy atom. The Morgan fingerprint density at radius 1 is 1.04 bits per heavy atom.